The van der Waals surface area contributed by atoms with Gasteiger partial charge in [0.15, 0.2) is 11.2 Å². The van der Waals surface area contributed by atoms with Gasteiger partial charge in [-0.15, -0.1) is 11.3 Å². The monoisotopic (exact) mass is 789 g/mol. The van der Waals surface area contributed by atoms with Crippen molar-refractivity contribution in [2.24, 2.45) is 0 Å². The van der Waals surface area contributed by atoms with Crippen molar-refractivity contribution in [3.05, 3.63) is 174 Å². The Morgan fingerprint density at radius 2 is 1.02 bits per heavy atom. The molecule has 7 heteroatoms. The molecular weight excluding hydrogens is 763 g/mol. The highest BCUT2D eigenvalue weighted by Gasteiger charge is 2.20. The lowest BCUT2D eigenvalue weighted by Gasteiger charge is -2.27. The molecule has 0 radical (unpaired) electrons. The van der Waals surface area contributed by atoms with E-state index in [1.54, 1.807) is 0 Å². The third kappa shape index (κ3) is 5.43. The summed E-state index contributed by atoms with van der Waals surface area (Å²) in [6.45, 7) is 0. The van der Waals surface area contributed by atoms with Crippen LogP contribution in [0, 0.1) is 0 Å². The second-order valence-electron chi connectivity index (χ2n) is 13.5. The van der Waals surface area contributed by atoms with Crippen LogP contribution in [0.1, 0.15) is 0 Å². The number of rotatable bonds is 6. The number of fused-ring (bicyclic) bond motifs is 7. The van der Waals surface area contributed by atoms with E-state index in [0.717, 1.165) is 71.4 Å². The number of para-hydroxylation sites is 2. The molecule has 0 N–H and O–H groups in total. The maximum absolute atomic E-state index is 6.35. The molecule has 55 heavy (non-hydrogen) atoms. The van der Waals surface area contributed by atoms with Crippen LogP contribution in [0.25, 0.3) is 87.2 Å². The quantitative estimate of drug-likeness (QED) is 0.168. The van der Waals surface area contributed by atoms with E-state index in [0.29, 0.717) is 11.8 Å². The SMILES string of the molecule is Brc1cccc2c1sc1c3cccc(N(c4ccc(-c5nc6ccccc6o5)cc4)c4ccc(-c5nc6ccc(-c7ccccc7)cc6o5)cc4)c3ccc21. The Balaban J connectivity index is 1.03. The van der Waals surface area contributed by atoms with E-state index in [1.807, 2.05) is 59.9 Å². The van der Waals surface area contributed by atoms with Gasteiger partial charge < -0.3 is 13.7 Å². The summed E-state index contributed by atoms with van der Waals surface area (Å²) in [4.78, 5) is 11.9. The molecule has 0 aliphatic rings. The van der Waals surface area contributed by atoms with Gasteiger partial charge in [0.2, 0.25) is 11.8 Å². The van der Waals surface area contributed by atoms with Gasteiger partial charge in [0.1, 0.15) is 11.0 Å². The predicted octanol–water partition coefficient (Wildman–Crippen LogP) is 14.7. The molecule has 0 amide bonds. The van der Waals surface area contributed by atoms with E-state index in [-0.39, 0.29) is 0 Å². The first-order valence-electron chi connectivity index (χ1n) is 18.0. The van der Waals surface area contributed by atoms with Crippen LogP contribution >= 0.6 is 27.3 Å². The fraction of sp³-hybridized carbons (Fsp3) is 0. The fourth-order valence-electron chi connectivity index (χ4n) is 7.54. The minimum Gasteiger partial charge on any atom is -0.436 e. The highest BCUT2D eigenvalue weighted by atomic mass is 79.9. The fourth-order valence-corrected chi connectivity index (χ4v) is 9.39. The zero-order valence-corrected chi connectivity index (χ0v) is 31.5. The van der Waals surface area contributed by atoms with Crippen molar-refractivity contribution in [3.8, 4) is 34.0 Å². The Morgan fingerprint density at radius 1 is 0.436 bits per heavy atom. The standard InChI is InChI=1S/C48H28BrN3O2S/c49-39-12-6-10-37-38-26-25-35-36(45(38)55-46(37)39)11-7-14-42(35)52(33-21-16-30(17-22-33)47-50-40-13-4-5-15-43(40)53-47)34-23-18-31(19-24-34)48-51-41-27-20-32(28-44(41)54-48)29-8-2-1-3-9-29/h1-28H. The summed E-state index contributed by atoms with van der Waals surface area (Å²) < 4.78 is 16.1. The summed E-state index contributed by atoms with van der Waals surface area (Å²) >= 11 is 5.63. The van der Waals surface area contributed by atoms with E-state index in [2.05, 4.69) is 142 Å². The van der Waals surface area contributed by atoms with Crippen LogP contribution in [0.4, 0.5) is 17.1 Å². The van der Waals surface area contributed by atoms with Crippen LogP contribution < -0.4 is 4.90 Å². The predicted molar refractivity (Wildman–Crippen MR) is 231 cm³/mol. The third-order valence-corrected chi connectivity index (χ3v) is 12.4. The van der Waals surface area contributed by atoms with E-state index in [9.17, 15) is 0 Å². The average molecular weight is 791 g/mol. The van der Waals surface area contributed by atoms with Crippen molar-refractivity contribution < 1.29 is 8.83 Å². The Labute approximate surface area is 327 Å². The molecule has 0 unspecified atom stereocenters. The van der Waals surface area contributed by atoms with Crippen molar-refractivity contribution in [1.29, 1.82) is 0 Å². The van der Waals surface area contributed by atoms with Crippen LogP contribution in [-0.2, 0) is 0 Å². The number of thiophene rings is 1. The number of halogens is 1. The summed E-state index contributed by atoms with van der Waals surface area (Å²) in [5, 5.41) is 4.91. The molecule has 0 fully saturated rings. The van der Waals surface area contributed by atoms with Crippen molar-refractivity contribution in [2.75, 3.05) is 4.90 Å². The van der Waals surface area contributed by atoms with Crippen LogP contribution in [0.15, 0.2) is 183 Å². The molecule has 11 aromatic rings. The number of benzene rings is 8. The highest BCUT2D eigenvalue weighted by molar-refractivity contribution is 9.10. The number of hydrogen-bond donors (Lipinski definition) is 0. The maximum atomic E-state index is 6.35. The van der Waals surface area contributed by atoms with Gasteiger partial charge in [0.05, 0.1) is 5.69 Å². The van der Waals surface area contributed by atoms with Crippen LogP contribution in [-0.4, -0.2) is 9.97 Å². The van der Waals surface area contributed by atoms with Gasteiger partial charge in [-0.1, -0.05) is 84.9 Å². The number of anilines is 3. The van der Waals surface area contributed by atoms with Gasteiger partial charge in [-0.05, 0) is 112 Å². The Hall–Kier alpha value is -6.54. The summed E-state index contributed by atoms with van der Waals surface area (Å²) in [5.41, 5.74) is 10.4. The number of aromatic nitrogens is 2. The number of nitrogens with zero attached hydrogens (tertiary/aromatic N) is 3. The van der Waals surface area contributed by atoms with Gasteiger partial charge in [-0.25, -0.2) is 9.97 Å². The molecule has 260 valence electrons. The van der Waals surface area contributed by atoms with Crippen molar-refractivity contribution >= 4 is 97.5 Å². The molecule has 3 heterocycles. The van der Waals surface area contributed by atoms with Gasteiger partial charge >= 0.3 is 0 Å². The summed E-state index contributed by atoms with van der Waals surface area (Å²) in [5.74, 6) is 1.19. The largest absolute Gasteiger partial charge is 0.436 e. The second-order valence-corrected chi connectivity index (χ2v) is 15.4. The zero-order chi connectivity index (χ0) is 36.5. The Bertz CT molecular complexity index is 3190. The lowest BCUT2D eigenvalue weighted by atomic mass is 10.0. The van der Waals surface area contributed by atoms with Crippen LogP contribution in [0.2, 0.25) is 0 Å². The highest BCUT2D eigenvalue weighted by Crippen LogP contribution is 2.46. The van der Waals surface area contributed by atoms with E-state index in [1.165, 1.54) is 25.6 Å². The maximum Gasteiger partial charge on any atom is 0.227 e. The van der Waals surface area contributed by atoms with Gasteiger partial charge in [0, 0.05) is 57.9 Å². The number of oxazole rings is 2. The lowest BCUT2D eigenvalue weighted by molar-refractivity contribution is 0.619. The molecular formula is C48H28BrN3O2S. The summed E-state index contributed by atoms with van der Waals surface area (Å²) in [6, 6.07) is 58.8. The molecule has 5 nitrogen and oxygen atoms in total. The first-order valence-corrected chi connectivity index (χ1v) is 19.6. The van der Waals surface area contributed by atoms with Crippen LogP contribution in [0.3, 0.4) is 0 Å². The Kier molecular flexibility index (Phi) is 7.43. The normalized spacial score (nSPS) is 11.7. The molecule has 0 aliphatic heterocycles. The molecule has 3 aromatic heterocycles. The molecule has 0 spiro atoms. The smallest absolute Gasteiger partial charge is 0.227 e. The minimum absolute atomic E-state index is 0.587. The van der Waals surface area contributed by atoms with Gasteiger partial charge in [-0.3, -0.25) is 0 Å². The lowest BCUT2D eigenvalue weighted by Crippen LogP contribution is -2.10. The topological polar surface area (TPSA) is 55.3 Å². The van der Waals surface area contributed by atoms with Gasteiger partial charge in [-0.2, -0.15) is 0 Å². The van der Waals surface area contributed by atoms with Crippen molar-refractivity contribution in [1.82, 2.24) is 9.97 Å². The summed E-state index contributed by atoms with van der Waals surface area (Å²) in [6.07, 6.45) is 0. The van der Waals surface area contributed by atoms with Crippen molar-refractivity contribution in [2.45, 2.75) is 0 Å². The van der Waals surface area contributed by atoms with Crippen LogP contribution in [0.5, 0.6) is 0 Å². The molecule has 8 aromatic carbocycles. The third-order valence-electron chi connectivity index (χ3n) is 10.2. The first-order chi connectivity index (χ1) is 27.1. The number of hydrogen-bond acceptors (Lipinski definition) is 6. The van der Waals surface area contributed by atoms with E-state index in [4.69, 9.17) is 18.8 Å². The molecule has 0 bridgehead atoms. The molecule has 0 saturated carbocycles. The summed E-state index contributed by atoms with van der Waals surface area (Å²) in [7, 11) is 0. The molecule has 11 rings (SSSR count). The second kappa shape index (κ2) is 12.8. The van der Waals surface area contributed by atoms with E-state index < -0.39 is 0 Å². The minimum atomic E-state index is 0.587. The molecule has 0 atom stereocenters. The molecule has 0 saturated heterocycles. The van der Waals surface area contributed by atoms with Gasteiger partial charge in [0.25, 0.3) is 0 Å². The van der Waals surface area contributed by atoms with E-state index >= 15 is 0 Å². The molecule has 0 aliphatic carbocycles. The zero-order valence-electron chi connectivity index (χ0n) is 29.1. The Morgan fingerprint density at radius 3 is 1.75 bits per heavy atom. The average Bonchev–Trinajstić information content (AvgIpc) is 3.98. The first kappa shape index (κ1) is 31.9. The van der Waals surface area contributed by atoms with Crippen molar-refractivity contribution in [3.63, 3.8) is 0 Å².